The molecular formula is C20H23N9O. The molecule has 30 heavy (non-hydrogen) atoms. The molecule has 1 aliphatic heterocycles. The van der Waals surface area contributed by atoms with Crippen molar-refractivity contribution >= 4 is 23.0 Å². The van der Waals surface area contributed by atoms with Gasteiger partial charge in [0.25, 0.3) is 5.91 Å². The van der Waals surface area contributed by atoms with E-state index >= 15 is 0 Å². The van der Waals surface area contributed by atoms with E-state index in [0.29, 0.717) is 37.5 Å². The zero-order valence-corrected chi connectivity index (χ0v) is 17.2. The first-order chi connectivity index (χ1) is 14.4. The molecule has 0 saturated carbocycles. The summed E-state index contributed by atoms with van der Waals surface area (Å²) in [7, 11) is 0. The second kappa shape index (κ2) is 6.75. The van der Waals surface area contributed by atoms with Crippen LogP contribution in [0.25, 0.3) is 11.3 Å². The zero-order chi connectivity index (χ0) is 20.9. The lowest BCUT2D eigenvalue weighted by Gasteiger charge is -2.35. The molecule has 10 nitrogen and oxygen atoms in total. The van der Waals surface area contributed by atoms with Crippen molar-refractivity contribution in [3.8, 4) is 0 Å². The van der Waals surface area contributed by atoms with Gasteiger partial charge in [0, 0.05) is 31.6 Å². The normalized spacial score (nSPS) is 15.3. The SMILES string of the molecule is CC(C)(C)c1cn2nc(C(=O)N3CCN(c4ccc5nncn5n4)CC3)ccc2n1. The van der Waals surface area contributed by atoms with Gasteiger partial charge in [-0.25, -0.2) is 9.50 Å². The molecule has 0 bridgehead atoms. The highest BCUT2D eigenvalue weighted by atomic mass is 16.2. The maximum absolute atomic E-state index is 13.0. The van der Waals surface area contributed by atoms with Crippen molar-refractivity contribution in [2.24, 2.45) is 0 Å². The van der Waals surface area contributed by atoms with E-state index in [0.717, 1.165) is 17.2 Å². The van der Waals surface area contributed by atoms with Crippen LogP contribution in [0.5, 0.6) is 0 Å². The van der Waals surface area contributed by atoms with Crippen LogP contribution in [-0.4, -0.2) is 71.4 Å². The van der Waals surface area contributed by atoms with E-state index in [-0.39, 0.29) is 11.3 Å². The first-order valence-corrected chi connectivity index (χ1v) is 9.97. The summed E-state index contributed by atoms with van der Waals surface area (Å²) in [5, 5.41) is 16.9. The summed E-state index contributed by atoms with van der Waals surface area (Å²) < 4.78 is 3.35. The first kappa shape index (κ1) is 18.5. The largest absolute Gasteiger partial charge is 0.352 e. The van der Waals surface area contributed by atoms with Crippen LogP contribution in [0, 0.1) is 0 Å². The van der Waals surface area contributed by atoms with Crippen molar-refractivity contribution in [3.05, 3.63) is 48.2 Å². The second-order valence-corrected chi connectivity index (χ2v) is 8.50. The van der Waals surface area contributed by atoms with Gasteiger partial charge < -0.3 is 9.80 Å². The summed E-state index contributed by atoms with van der Waals surface area (Å²) in [6, 6.07) is 7.43. The van der Waals surface area contributed by atoms with Crippen molar-refractivity contribution in [3.63, 3.8) is 0 Å². The monoisotopic (exact) mass is 405 g/mol. The Morgan fingerprint density at radius 1 is 0.933 bits per heavy atom. The highest BCUT2D eigenvalue weighted by Gasteiger charge is 2.25. The van der Waals surface area contributed by atoms with Gasteiger partial charge in [-0.15, -0.1) is 15.3 Å². The van der Waals surface area contributed by atoms with E-state index in [9.17, 15) is 4.79 Å². The molecule has 4 aromatic rings. The minimum absolute atomic E-state index is 0.0650. The second-order valence-electron chi connectivity index (χ2n) is 8.50. The zero-order valence-electron chi connectivity index (χ0n) is 17.2. The molecule has 1 aliphatic rings. The molecule has 1 fully saturated rings. The van der Waals surface area contributed by atoms with Gasteiger partial charge in [-0.2, -0.15) is 9.61 Å². The van der Waals surface area contributed by atoms with Crippen LogP contribution in [0.15, 0.2) is 36.8 Å². The molecule has 0 aliphatic carbocycles. The Hall–Kier alpha value is -3.56. The number of hydrogen-bond donors (Lipinski definition) is 0. The van der Waals surface area contributed by atoms with Crippen molar-refractivity contribution in [2.45, 2.75) is 26.2 Å². The van der Waals surface area contributed by atoms with Crippen LogP contribution in [0.2, 0.25) is 0 Å². The molecule has 5 heterocycles. The Kier molecular flexibility index (Phi) is 4.16. The molecule has 10 heteroatoms. The molecule has 1 amide bonds. The van der Waals surface area contributed by atoms with E-state index in [4.69, 9.17) is 0 Å². The Morgan fingerprint density at radius 2 is 1.70 bits per heavy atom. The lowest BCUT2D eigenvalue weighted by molar-refractivity contribution is 0.0739. The molecule has 0 aromatic carbocycles. The number of hydrogen-bond acceptors (Lipinski definition) is 7. The number of carbonyl (C=O) groups is 1. The number of piperazine rings is 1. The lowest BCUT2D eigenvalue weighted by Crippen LogP contribution is -2.49. The maximum atomic E-state index is 13.0. The van der Waals surface area contributed by atoms with Crippen LogP contribution in [-0.2, 0) is 5.41 Å². The smallest absolute Gasteiger partial charge is 0.274 e. The Bertz CT molecular complexity index is 1230. The van der Waals surface area contributed by atoms with Crippen LogP contribution in [0.4, 0.5) is 5.82 Å². The molecule has 1 saturated heterocycles. The average Bonchev–Trinajstić information content (AvgIpc) is 3.38. The van der Waals surface area contributed by atoms with Gasteiger partial charge in [0.05, 0.1) is 11.9 Å². The number of aromatic nitrogens is 7. The van der Waals surface area contributed by atoms with E-state index in [1.54, 1.807) is 21.4 Å². The molecule has 154 valence electrons. The summed E-state index contributed by atoms with van der Waals surface area (Å²) in [4.78, 5) is 21.6. The van der Waals surface area contributed by atoms with Crippen molar-refractivity contribution in [1.29, 1.82) is 0 Å². The number of amides is 1. The van der Waals surface area contributed by atoms with Crippen LogP contribution < -0.4 is 4.90 Å². The number of imidazole rings is 1. The Morgan fingerprint density at radius 3 is 2.47 bits per heavy atom. The van der Waals surface area contributed by atoms with Gasteiger partial charge in [0.15, 0.2) is 11.3 Å². The van der Waals surface area contributed by atoms with Gasteiger partial charge >= 0.3 is 0 Å². The summed E-state index contributed by atoms with van der Waals surface area (Å²) in [5.41, 5.74) is 2.77. The number of carbonyl (C=O) groups excluding carboxylic acids is 1. The van der Waals surface area contributed by atoms with Crippen LogP contribution in [0.3, 0.4) is 0 Å². The third kappa shape index (κ3) is 3.23. The Labute approximate surface area is 173 Å². The van der Waals surface area contributed by atoms with Gasteiger partial charge in [0.1, 0.15) is 17.8 Å². The summed E-state index contributed by atoms with van der Waals surface area (Å²) in [6.45, 7) is 8.94. The van der Waals surface area contributed by atoms with Crippen molar-refractivity contribution < 1.29 is 4.79 Å². The maximum Gasteiger partial charge on any atom is 0.274 e. The van der Waals surface area contributed by atoms with E-state index in [1.165, 1.54) is 0 Å². The molecule has 0 atom stereocenters. The van der Waals surface area contributed by atoms with Gasteiger partial charge in [-0.3, -0.25) is 4.79 Å². The molecule has 5 rings (SSSR count). The first-order valence-electron chi connectivity index (χ1n) is 9.97. The summed E-state index contributed by atoms with van der Waals surface area (Å²) in [5.74, 6) is 0.784. The van der Waals surface area contributed by atoms with Gasteiger partial charge in [-0.05, 0) is 24.3 Å². The molecule has 0 spiro atoms. The van der Waals surface area contributed by atoms with Crippen LogP contribution >= 0.6 is 0 Å². The minimum atomic E-state index is -0.0714. The molecular weight excluding hydrogens is 382 g/mol. The fraction of sp³-hybridized carbons (Fsp3) is 0.400. The average molecular weight is 405 g/mol. The van der Waals surface area contributed by atoms with E-state index in [1.807, 2.05) is 29.3 Å². The predicted molar refractivity (Wildman–Crippen MR) is 111 cm³/mol. The fourth-order valence-corrected chi connectivity index (χ4v) is 3.55. The predicted octanol–water partition coefficient (Wildman–Crippen LogP) is 1.43. The standard InChI is InChI=1S/C20H23N9O/c1-20(2,3)15-12-28-16(22-15)5-4-14(24-28)19(30)27-10-8-26(9-11-27)18-7-6-17-23-21-13-29(17)25-18/h4-7,12-13H,8-11H2,1-3H3. The fourth-order valence-electron chi connectivity index (χ4n) is 3.55. The molecule has 0 N–H and O–H groups in total. The minimum Gasteiger partial charge on any atom is -0.352 e. The number of anilines is 1. The van der Waals surface area contributed by atoms with E-state index in [2.05, 4.69) is 51.0 Å². The molecule has 0 radical (unpaired) electrons. The molecule has 0 unspecified atom stereocenters. The highest BCUT2D eigenvalue weighted by molar-refractivity contribution is 5.92. The summed E-state index contributed by atoms with van der Waals surface area (Å²) >= 11 is 0. The summed E-state index contributed by atoms with van der Waals surface area (Å²) in [6.07, 6.45) is 3.48. The van der Waals surface area contributed by atoms with Crippen molar-refractivity contribution in [2.75, 3.05) is 31.1 Å². The third-order valence-electron chi connectivity index (χ3n) is 5.35. The van der Waals surface area contributed by atoms with Gasteiger partial charge in [-0.1, -0.05) is 20.8 Å². The van der Waals surface area contributed by atoms with Crippen LogP contribution in [0.1, 0.15) is 37.0 Å². The number of nitrogens with zero attached hydrogens (tertiary/aromatic N) is 9. The quantitative estimate of drug-likeness (QED) is 0.498. The van der Waals surface area contributed by atoms with Crippen molar-refractivity contribution in [1.82, 2.24) is 39.3 Å². The molecule has 4 aromatic heterocycles. The number of rotatable bonds is 2. The number of fused-ring (bicyclic) bond motifs is 2. The Balaban J connectivity index is 1.30. The lowest BCUT2D eigenvalue weighted by atomic mass is 9.93. The van der Waals surface area contributed by atoms with Gasteiger partial charge in [0.2, 0.25) is 0 Å². The highest BCUT2D eigenvalue weighted by Crippen LogP contribution is 2.21. The topological polar surface area (TPSA) is 96.8 Å². The van der Waals surface area contributed by atoms with E-state index < -0.39 is 0 Å². The third-order valence-corrected chi connectivity index (χ3v) is 5.35.